The number of fused-ring (bicyclic) bond motifs is 1. The van der Waals surface area contributed by atoms with Crippen molar-refractivity contribution in [1.82, 2.24) is 5.32 Å². The zero-order valence-corrected chi connectivity index (χ0v) is 31.7. The molecular weight excluding hydrogens is 759 g/mol. The first-order chi connectivity index (χ1) is 25.2. The van der Waals surface area contributed by atoms with Gasteiger partial charge < -0.3 is 20.7 Å². The lowest BCUT2D eigenvalue weighted by Gasteiger charge is -2.18. The highest BCUT2D eigenvalue weighted by Crippen LogP contribution is 2.42. The monoisotopic (exact) mass is 793 g/mol. The van der Waals surface area contributed by atoms with Crippen LogP contribution >= 0.6 is 39.0 Å². The van der Waals surface area contributed by atoms with Gasteiger partial charge in [0.15, 0.2) is 0 Å². The lowest BCUT2D eigenvalue weighted by Crippen LogP contribution is -2.30. The van der Waals surface area contributed by atoms with Gasteiger partial charge in [-0.25, -0.2) is 4.79 Å². The smallest absolute Gasteiger partial charge is 0.341 e. The van der Waals surface area contributed by atoms with Gasteiger partial charge in [-0.1, -0.05) is 89.6 Å². The van der Waals surface area contributed by atoms with Gasteiger partial charge >= 0.3 is 5.97 Å². The van der Waals surface area contributed by atoms with Crippen LogP contribution in [-0.2, 0) is 27.2 Å². The molecular formula is C41H36BrN3O5S2. The van der Waals surface area contributed by atoms with Crippen LogP contribution in [0.1, 0.15) is 60.9 Å². The highest BCUT2D eigenvalue weighted by atomic mass is 79.9. The molecule has 4 aromatic carbocycles. The molecule has 0 spiro atoms. The zero-order valence-electron chi connectivity index (χ0n) is 28.5. The summed E-state index contributed by atoms with van der Waals surface area (Å²) in [5, 5.41) is 8.57. The molecule has 264 valence electrons. The summed E-state index contributed by atoms with van der Waals surface area (Å²) >= 11 is 6.23. The minimum atomic E-state index is -0.687. The second-order valence-corrected chi connectivity index (χ2v) is 15.6. The number of anilines is 2. The fourth-order valence-electron chi connectivity index (χ4n) is 5.92. The molecule has 1 aliphatic carbocycles. The van der Waals surface area contributed by atoms with E-state index in [-0.39, 0.29) is 11.6 Å². The Hall–Kier alpha value is -4.97. The molecule has 52 heavy (non-hydrogen) atoms. The fourth-order valence-corrected chi connectivity index (χ4v) is 8.82. The van der Waals surface area contributed by atoms with Crippen molar-refractivity contribution < 1.29 is 23.9 Å². The van der Waals surface area contributed by atoms with Crippen molar-refractivity contribution in [2.24, 2.45) is 5.92 Å². The number of carbonyl (C=O) groups excluding carboxylic acids is 4. The van der Waals surface area contributed by atoms with E-state index in [1.807, 2.05) is 66.7 Å². The maximum absolute atomic E-state index is 14.1. The Bertz CT molecular complexity index is 2130. The first-order valence-electron chi connectivity index (χ1n) is 16.7. The molecule has 0 radical (unpaired) electrons. The number of carbonyl (C=O) groups is 4. The molecule has 1 aromatic heterocycles. The normalized spacial score (nSPS) is 14.4. The third-order valence-electron chi connectivity index (χ3n) is 8.51. The van der Waals surface area contributed by atoms with E-state index in [4.69, 9.17) is 4.74 Å². The molecule has 6 rings (SSSR count). The van der Waals surface area contributed by atoms with Crippen LogP contribution in [0.2, 0.25) is 0 Å². The van der Waals surface area contributed by atoms with E-state index in [1.54, 1.807) is 48.5 Å². The second kappa shape index (κ2) is 17.0. The molecule has 0 saturated carbocycles. The van der Waals surface area contributed by atoms with Crippen LogP contribution in [0.5, 0.6) is 0 Å². The van der Waals surface area contributed by atoms with Crippen molar-refractivity contribution in [2.45, 2.75) is 36.3 Å². The number of thioether (sulfide) groups is 1. The number of ether oxygens (including phenoxy) is 1. The van der Waals surface area contributed by atoms with E-state index in [0.29, 0.717) is 33.3 Å². The highest BCUT2D eigenvalue weighted by Gasteiger charge is 2.31. The minimum absolute atomic E-state index is 0.0565. The van der Waals surface area contributed by atoms with Crippen molar-refractivity contribution in [3.8, 4) is 0 Å². The third kappa shape index (κ3) is 9.08. The number of halogens is 1. The molecule has 0 bridgehead atoms. The number of methoxy groups -OCH3 is 1. The van der Waals surface area contributed by atoms with Gasteiger partial charge in [0.05, 0.1) is 12.7 Å². The van der Waals surface area contributed by atoms with Gasteiger partial charge in [0.2, 0.25) is 5.91 Å². The van der Waals surface area contributed by atoms with E-state index in [9.17, 15) is 19.2 Å². The van der Waals surface area contributed by atoms with Crippen molar-refractivity contribution in [2.75, 3.05) is 17.7 Å². The number of thiophene rings is 1. The maximum Gasteiger partial charge on any atom is 0.341 e. The maximum atomic E-state index is 14.1. The lowest BCUT2D eigenvalue weighted by molar-refractivity contribution is -0.116. The molecule has 2 atom stereocenters. The molecule has 2 unspecified atom stereocenters. The second-order valence-electron chi connectivity index (χ2n) is 12.4. The van der Waals surface area contributed by atoms with Crippen LogP contribution in [0.4, 0.5) is 10.7 Å². The van der Waals surface area contributed by atoms with E-state index in [0.717, 1.165) is 44.6 Å². The molecule has 5 aromatic rings. The molecule has 11 heteroatoms. The van der Waals surface area contributed by atoms with Crippen molar-refractivity contribution in [1.29, 1.82) is 0 Å². The molecule has 1 aliphatic rings. The number of hydrogen-bond acceptors (Lipinski definition) is 7. The van der Waals surface area contributed by atoms with E-state index < -0.39 is 23.0 Å². The molecule has 3 N–H and O–H groups in total. The first kappa shape index (κ1) is 36.8. The van der Waals surface area contributed by atoms with Crippen molar-refractivity contribution in [3.05, 3.63) is 152 Å². The van der Waals surface area contributed by atoms with E-state index >= 15 is 0 Å². The Morgan fingerprint density at radius 3 is 2.37 bits per heavy atom. The number of amides is 3. The number of hydrogen-bond donors (Lipinski definition) is 3. The van der Waals surface area contributed by atoms with Gasteiger partial charge in [-0.15, -0.1) is 23.1 Å². The Morgan fingerprint density at radius 2 is 1.63 bits per heavy atom. The fraction of sp³-hybridized carbons (Fsp3) is 0.171. The Kier molecular flexibility index (Phi) is 12.1. The highest BCUT2D eigenvalue weighted by molar-refractivity contribution is 9.10. The Morgan fingerprint density at radius 1 is 0.904 bits per heavy atom. The summed E-state index contributed by atoms with van der Waals surface area (Å²) in [5.41, 5.74) is 3.84. The predicted octanol–water partition coefficient (Wildman–Crippen LogP) is 9.30. The van der Waals surface area contributed by atoms with E-state index in [2.05, 4.69) is 38.8 Å². The largest absolute Gasteiger partial charge is 0.465 e. The van der Waals surface area contributed by atoms with Gasteiger partial charge in [0.1, 0.15) is 15.9 Å². The van der Waals surface area contributed by atoms with Gasteiger partial charge in [-0.2, -0.15) is 0 Å². The zero-order chi connectivity index (χ0) is 36.6. The number of benzene rings is 4. The van der Waals surface area contributed by atoms with Gasteiger partial charge in [-0.3, -0.25) is 14.4 Å². The Balaban J connectivity index is 1.25. The van der Waals surface area contributed by atoms with Gasteiger partial charge in [0.25, 0.3) is 11.8 Å². The first-order valence-corrected chi connectivity index (χ1v) is 19.2. The number of rotatable bonds is 11. The van der Waals surface area contributed by atoms with Crippen LogP contribution in [0.3, 0.4) is 0 Å². The number of nitrogens with one attached hydrogen (secondary N) is 3. The number of esters is 1. The van der Waals surface area contributed by atoms with Crippen LogP contribution in [0.15, 0.2) is 124 Å². The van der Waals surface area contributed by atoms with Crippen molar-refractivity contribution in [3.63, 3.8) is 0 Å². The summed E-state index contributed by atoms with van der Waals surface area (Å²) in [6.07, 6.45) is 4.20. The topological polar surface area (TPSA) is 114 Å². The average Bonchev–Trinajstić information content (AvgIpc) is 3.50. The van der Waals surface area contributed by atoms with Crippen LogP contribution in [0, 0.1) is 5.92 Å². The van der Waals surface area contributed by atoms with Gasteiger partial charge in [0, 0.05) is 25.5 Å². The summed E-state index contributed by atoms with van der Waals surface area (Å²) in [6, 6.07) is 32.7. The molecule has 3 amide bonds. The third-order valence-corrected chi connectivity index (χ3v) is 11.4. The average molecular weight is 795 g/mol. The molecule has 8 nitrogen and oxygen atoms in total. The standard InChI is InChI=1S/C41H36BrN3O5S2/c1-25-19-20-32-34(21-25)52-40(35(32)41(49)50-2)45-39(48)36(27-12-5-3-6-13-27)51-31-18-10-17-30(24-31)43-38(47)33(23-26-11-9-16-29(42)22-26)44-37(46)28-14-7-4-8-15-28/h3-18,22-25,36H,19-21H2,1-2H3,(H,43,47)(H,44,46)(H,45,48)/b33-23+. The quantitative estimate of drug-likeness (QED) is 0.0698. The molecule has 0 aliphatic heterocycles. The predicted molar refractivity (Wildman–Crippen MR) is 212 cm³/mol. The molecule has 1 heterocycles. The summed E-state index contributed by atoms with van der Waals surface area (Å²) in [4.78, 5) is 55.8. The molecule has 0 saturated heterocycles. The van der Waals surface area contributed by atoms with Gasteiger partial charge in [-0.05, 0) is 90.4 Å². The Labute approximate surface area is 319 Å². The minimum Gasteiger partial charge on any atom is -0.465 e. The van der Waals surface area contributed by atoms with Crippen LogP contribution < -0.4 is 16.0 Å². The van der Waals surface area contributed by atoms with Crippen molar-refractivity contribution >= 4 is 79.5 Å². The summed E-state index contributed by atoms with van der Waals surface area (Å²) < 4.78 is 5.97. The van der Waals surface area contributed by atoms with E-state index in [1.165, 1.54) is 30.2 Å². The summed E-state index contributed by atoms with van der Waals surface area (Å²) in [7, 11) is 1.36. The van der Waals surface area contributed by atoms with Crippen LogP contribution in [0.25, 0.3) is 6.08 Å². The molecule has 0 fully saturated rings. The SMILES string of the molecule is COC(=O)c1c(NC(=O)C(Sc2cccc(NC(=O)/C(=C\c3cccc(Br)c3)NC(=O)c3ccccc3)c2)c2ccccc2)sc2c1CCC(C)C2. The lowest BCUT2D eigenvalue weighted by atomic mass is 9.88. The van der Waals surface area contributed by atoms with Crippen LogP contribution in [-0.4, -0.2) is 30.8 Å². The summed E-state index contributed by atoms with van der Waals surface area (Å²) in [5.74, 6) is -1.19. The summed E-state index contributed by atoms with van der Waals surface area (Å²) in [6.45, 7) is 2.19.